The Hall–Kier alpha value is -3.51. The third-order valence-corrected chi connectivity index (χ3v) is 7.18. The van der Waals surface area contributed by atoms with Crippen LogP contribution in [0.3, 0.4) is 0 Å². The highest BCUT2D eigenvalue weighted by Gasteiger charge is 2.39. The van der Waals surface area contributed by atoms with Crippen molar-refractivity contribution in [3.05, 3.63) is 100 Å². The molecule has 152 valence electrons. The molecule has 0 unspecified atom stereocenters. The summed E-state index contributed by atoms with van der Waals surface area (Å²) in [6.45, 7) is 0. The molecule has 2 atom stereocenters. The number of nitrogens with one attached hydrogen (secondary N) is 1. The number of fused-ring (bicyclic) bond motifs is 1. The number of thiophene rings is 1. The van der Waals surface area contributed by atoms with Crippen LogP contribution in [0.2, 0.25) is 0 Å². The Bertz CT molecular complexity index is 1270. The van der Waals surface area contributed by atoms with Gasteiger partial charge in [-0.25, -0.2) is 4.68 Å². The van der Waals surface area contributed by atoms with E-state index >= 15 is 0 Å². The van der Waals surface area contributed by atoms with Gasteiger partial charge in [-0.15, -0.1) is 11.3 Å². The Morgan fingerprint density at radius 2 is 1.74 bits per heavy atom. The van der Waals surface area contributed by atoms with Crippen molar-refractivity contribution in [2.45, 2.75) is 24.8 Å². The van der Waals surface area contributed by atoms with Gasteiger partial charge in [-0.2, -0.15) is 10.1 Å². The van der Waals surface area contributed by atoms with Crippen LogP contribution in [0.15, 0.2) is 89.7 Å². The summed E-state index contributed by atoms with van der Waals surface area (Å²) in [5.74, 6) is 1.09. The van der Waals surface area contributed by atoms with E-state index in [0.717, 1.165) is 28.8 Å². The Morgan fingerprint density at radius 1 is 0.935 bits per heavy atom. The number of aromatic nitrogens is 3. The normalized spacial score (nSPS) is 20.2. The van der Waals surface area contributed by atoms with Gasteiger partial charge in [0.05, 0.1) is 0 Å². The van der Waals surface area contributed by atoms with Crippen LogP contribution < -0.4 is 5.32 Å². The second kappa shape index (κ2) is 7.32. The Morgan fingerprint density at radius 3 is 2.52 bits per heavy atom. The number of anilines is 1. The SMILES string of the molecule is O=C1C[C@@H](c2cccs2)CC2=C1[C@H](c1ccc(-c3ccccc3)cc1)n1ncnc1N2. The summed E-state index contributed by atoms with van der Waals surface area (Å²) in [6.07, 6.45) is 2.89. The number of nitrogens with zero attached hydrogens (tertiary/aromatic N) is 3. The molecule has 0 fully saturated rings. The summed E-state index contributed by atoms with van der Waals surface area (Å²) >= 11 is 1.72. The summed E-state index contributed by atoms with van der Waals surface area (Å²) in [6, 6.07) is 22.7. The van der Waals surface area contributed by atoms with Crippen LogP contribution in [0.5, 0.6) is 0 Å². The van der Waals surface area contributed by atoms with Crippen LogP contribution in [0.1, 0.15) is 35.2 Å². The van der Waals surface area contributed by atoms with E-state index in [-0.39, 0.29) is 17.7 Å². The molecule has 1 aliphatic heterocycles. The summed E-state index contributed by atoms with van der Waals surface area (Å²) in [7, 11) is 0. The van der Waals surface area contributed by atoms with Gasteiger partial charge in [0, 0.05) is 28.5 Å². The Balaban J connectivity index is 1.41. The number of ketones is 1. The van der Waals surface area contributed by atoms with Gasteiger partial charge < -0.3 is 5.32 Å². The molecule has 0 saturated carbocycles. The zero-order chi connectivity index (χ0) is 20.8. The molecule has 4 aromatic rings. The molecule has 31 heavy (non-hydrogen) atoms. The molecule has 1 N–H and O–H groups in total. The summed E-state index contributed by atoms with van der Waals surface area (Å²) in [5.41, 5.74) is 5.17. The molecule has 2 aliphatic rings. The maximum atomic E-state index is 13.4. The molecule has 6 rings (SSSR count). The molecule has 0 radical (unpaired) electrons. The van der Waals surface area contributed by atoms with E-state index in [2.05, 4.69) is 69.3 Å². The second-order valence-corrected chi connectivity index (χ2v) is 8.96. The zero-order valence-corrected chi connectivity index (χ0v) is 17.5. The molecule has 6 heteroatoms. The van der Waals surface area contributed by atoms with Gasteiger partial charge in [0.2, 0.25) is 5.95 Å². The zero-order valence-electron chi connectivity index (χ0n) is 16.7. The first-order chi connectivity index (χ1) is 15.3. The van der Waals surface area contributed by atoms with Crippen molar-refractivity contribution in [3.63, 3.8) is 0 Å². The summed E-state index contributed by atoms with van der Waals surface area (Å²) in [5, 5.41) is 9.91. The van der Waals surface area contributed by atoms with E-state index in [1.54, 1.807) is 17.7 Å². The van der Waals surface area contributed by atoms with Crippen molar-refractivity contribution in [1.82, 2.24) is 14.8 Å². The quantitative estimate of drug-likeness (QED) is 0.477. The maximum Gasteiger partial charge on any atom is 0.226 e. The fraction of sp³-hybridized carbons (Fsp3) is 0.160. The molecular formula is C25H20N4OS. The molecule has 1 aliphatic carbocycles. The van der Waals surface area contributed by atoms with Gasteiger partial charge in [-0.3, -0.25) is 4.79 Å². The third kappa shape index (κ3) is 3.11. The average Bonchev–Trinajstić information content (AvgIpc) is 3.50. The largest absolute Gasteiger partial charge is 0.328 e. The molecular weight excluding hydrogens is 404 g/mol. The van der Waals surface area contributed by atoms with Crippen LogP contribution in [0.25, 0.3) is 11.1 Å². The first-order valence-electron chi connectivity index (χ1n) is 10.4. The predicted octanol–water partition coefficient (Wildman–Crippen LogP) is 5.42. The number of benzene rings is 2. The Labute approximate surface area is 184 Å². The van der Waals surface area contributed by atoms with E-state index in [1.807, 2.05) is 22.9 Å². The second-order valence-electron chi connectivity index (χ2n) is 7.98. The van der Waals surface area contributed by atoms with Gasteiger partial charge in [0.25, 0.3) is 0 Å². The Kier molecular flexibility index (Phi) is 4.32. The lowest BCUT2D eigenvalue weighted by atomic mass is 9.80. The van der Waals surface area contributed by atoms with E-state index in [1.165, 1.54) is 10.4 Å². The van der Waals surface area contributed by atoms with Gasteiger partial charge >= 0.3 is 0 Å². The highest BCUT2D eigenvalue weighted by molar-refractivity contribution is 7.10. The van der Waals surface area contributed by atoms with E-state index in [9.17, 15) is 4.79 Å². The fourth-order valence-electron chi connectivity index (χ4n) is 4.67. The first kappa shape index (κ1) is 18.3. The number of carbonyl (C=O) groups excluding carboxylic acids is 1. The number of hydrogen-bond acceptors (Lipinski definition) is 5. The van der Waals surface area contributed by atoms with Gasteiger partial charge in [-0.05, 0) is 34.6 Å². The van der Waals surface area contributed by atoms with Gasteiger partial charge in [0.1, 0.15) is 12.4 Å². The number of rotatable bonds is 3. The van der Waals surface area contributed by atoms with Crippen molar-refractivity contribution in [3.8, 4) is 11.1 Å². The minimum absolute atomic E-state index is 0.186. The van der Waals surface area contributed by atoms with Crippen LogP contribution >= 0.6 is 11.3 Å². The van der Waals surface area contributed by atoms with Crippen molar-refractivity contribution in [2.24, 2.45) is 0 Å². The fourth-order valence-corrected chi connectivity index (χ4v) is 5.50. The summed E-state index contributed by atoms with van der Waals surface area (Å²) in [4.78, 5) is 19.0. The number of allylic oxidation sites excluding steroid dienone is 2. The molecule has 2 aromatic heterocycles. The number of Topliss-reactive ketones (excluding diaryl/α,β-unsaturated/α-hetero) is 1. The standard InChI is InChI=1S/C25H20N4OS/c30-21-14-19(22-7-4-12-31-22)13-20-23(21)24(29-25(28-20)26-15-27-29)18-10-8-17(9-11-18)16-5-2-1-3-6-16/h1-12,15,19,24H,13-14H2,(H,26,27,28)/t19-,24-/m0/s1. The molecule has 3 heterocycles. The highest BCUT2D eigenvalue weighted by atomic mass is 32.1. The highest BCUT2D eigenvalue weighted by Crippen LogP contribution is 2.44. The van der Waals surface area contributed by atoms with Crippen molar-refractivity contribution < 1.29 is 4.79 Å². The van der Waals surface area contributed by atoms with Crippen LogP contribution in [0.4, 0.5) is 5.95 Å². The van der Waals surface area contributed by atoms with E-state index in [0.29, 0.717) is 12.4 Å². The molecule has 0 amide bonds. The minimum atomic E-state index is -0.254. The van der Waals surface area contributed by atoms with Crippen LogP contribution in [-0.2, 0) is 4.79 Å². The third-order valence-electron chi connectivity index (χ3n) is 6.14. The molecule has 2 aromatic carbocycles. The van der Waals surface area contributed by atoms with Crippen molar-refractivity contribution >= 4 is 23.1 Å². The lowest BCUT2D eigenvalue weighted by Gasteiger charge is -2.34. The topological polar surface area (TPSA) is 59.8 Å². The first-order valence-corrected chi connectivity index (χ1v) is 11.3. The van der Waals surface area contributed by atoms with Gasteiger partial charge in [-0.1, -0.05) is 60.7 Å². The molecule has 0 spiro atoms. The monoisotopic (exact) mass is 424 g/mol. The van der Waals surface area contributed by atoms with E-state index in [4.69, 9.17) is 0 Å². The number of hydrogen-bond donors (Lipinski definition) is 1. The van der Waals surface area contributed by atoms with Crippen LogP contribution in [-0.4, -0.2) is 20.5 Å². The van der Waals surface area contributed by atoms with Crippen LogP contribution in [0, 0.1) is 0 Å². The smallest absolute Gasteiger partial charge is 0.226 e. The maximum absolute atomic E-state index is 13.4. The average molecular weight is 425 g/mol. The minimum Gasteiger partial charge on any atom is -0.328 e. The van der Waals surface area contributed by atoms with Crippen molar-refractivity contribution in [1.29, 1.82) is 0 Å². The van der Waals surface area contributed by atoms with Crippen molar-refractivity contribution in [2.75, 3.05) is 5.32 Å². The lowest BCUT2D eigenvalue weighted by Crippen LogP contribution is -2.33. The molecule has 0 bridgehead atoms. The van der Waals surface area contributed by atoms with Gasteiger partial charge in [0.15, 0.2) is 5.78 Å². The summed E-state index contributed by atoms with van der Waals surface area (Å²) < 4.78 is 1.83. The molecule has 0 saturated heterocycles. The number of carbonyl (C=O) groups is 1. The lowest BCUT2D eigenvalue weighted by molar-refractivity contribution is -0.116. The predicted molar refractivity (Wildman–Crippen MR) is 122 cm³/mol. The van der Waals surface area contributed by atoms with E-state index < -0.39 is 0 Å². The molecule has 5 nitrogen and oxygen atoms in total.